The Hall–Kier alpha value is -2.05. The molecule has 23 heavy (non-hydrogen) atoms. The summed E-state index contributed by atoms with van der Waals surface area (Å²) in [6.45, 7) is 4.09. The minimum absolute atomic E-state index is 0.0299. The minimum atomic E-state index is -0.259. The van der Waals surface area contributed by atoms with E-state index in [9.17, 15) is 4.39 Å². The molecule has 1 fully saturated rings. The Morgan fingerprint density at radius 2 is 1.96 bits per heavy atom. The summed E-state index contributed by atoms with van der Waals surface area (Å²) in [6.07, 6.45) is 0.143. The molecule has 2 unspecified atom stereocenters. The van der Waals surface area contributed by atoms with Crippen molar-refractivity contribution in [1.82, 2.24) is 10.2 Å². The first-order chi connectivity index (χ1) is 11.2. The van der Waals surface area contributed by atoms with Gasteiger partial charge in [-0.05, 0) is 43.3 Å². The van der Waals surface area contributed by atoms with Crippen molar-refractivity contribution in [3.63, 3.8) is 0 Å². The average Bonchev–Trinajstić information content (AvgIpc) is 2.55. The van der Waals surface area contributed by atoms with Crippen LogP contribution in [0.25, 0.3) is 11.3 Å². The van der Waals surface area contributed by atoms with Gasteiger partial charge in [0.15, 0.2) is 5.82 Å². The third-order valence-corrected chi connectivity index (χ3v) is 3.79. The van der Waals surface area contributed by atoms with Crippen LogP contribution in [0, 0.1) is 5.82 Å². The van der Waals surface area contributed by atoms with Gasteiger partial charge in [0.05, 0.1) is 24.5 Å². The highest BCUT2D eigenvalue weighted by atomic mass is 19.1. The van der Waals surface area contributed by atoms with Crippen LogP contribution < -0.4 is 4.90 Å². The molecule has 0 N–H and O–H groups in total. The van der Waals surface area contributed by atoms with Crippen molar-refractivity contribution in [3.05, 3.63) is 42.2 Å². The molecule has 5 nitrogen and oxygen atoms in total. The third-order valence-electron chi connectivity index (χ3n) is 3.79. The highest BCUT2D eigenvalue weighted by Crippen LogP contribution is 2.21. The van der Waals surface area contributed by atoms with Gasteiger partial charge in [0, 0.05) is 25.8 Å². The van der Waals surface area contributed by atoms with Gasteiger partial charge in [-0.15, -0.1) is 10.2 Å². The molecule has 2 aromatic rings. The van der Waals surface area contributed by atoms with Crippen molar-refractivity contribution >= 4 is 5.82 Å². The number of ether oxygens (including phenoxy) is 2. The molecule has 2 heterocycles. The highest BCUT2D eigenvalue weighted by Gasteiger charge is 2.26. The Kier molecular flexibility index (Phi) is 4.83. The number of nitrogens with zero attached hydrogens (tertiary/aromatic N) is 3. The molecule has 1 saturated heterocycles. The fourth-order valence-electron chi connectivity index (χ4n) is 2.78. The van der Waals surface area contributed by atoms with Crippen LogP contribution in [-0.4, -0.2) is 49.2 Å². The van der Waals surface area contributed by atoms with Crippen LogP contribution in [0.2, 0.25) is 0 Å². The van der Waals surface area contributed by atoms with Crippen LogP contribution in [0.5, 0.6) is 0 Å². The van der Waals surface area contributed by atoms with Crippen molar-refractivity contribution < 1.29 is 13.9 Å². The first kappa shape index (κ1) is 15.8. The van der Waals surface area contributed by atoms with Gasteiger partial charge in [0.1, 0.15) is 5.82 Å². The average molecular weight is 317 g/mol. The Bertz CT molecular complexity index is 633. The van der Waals surface area contributed by atoms with E-state index < -0.39 is 0 Å². The minimum Gasteiger partial charge on any atom is -0.382 e. The first-order valence-corrected chi connectivity index (χ1v) is 7.64. The summed E-state index contributed by atoms with van der Waals surface area (Å²) in [6, 6.07) is 10.1. The maximum Gasteiger partial charge on any atom is 0.151 e. The zero-order valence-electron chi connectivity index (χ0n) is 13.3. The molecule has 0 spiro atoms. The second kappa shape index (κ2) is 7.02. The molecule has 122 valence electrons. The van der Waals surface area contributed by atoms with Crippen LogP contribution in [0.3, 0.4) is 0 Å². The maximum absolute atomic E-state index is 13.0. The number of hydrogen-bond acceptors (Lipinski definition) is 5. The highest BCUT2D eigenvalue weighted by molar-refractivity contribution is 5.59. The molecule has 1 aromatic heterocycles. The monoisotopic (exact) mass is 317 g/mol. The topological polar surface area (TPSA) is 47.5 Å². The molecule has 2 atom stereocenters. The van der Waals surface area contributed by atoms with E-state index >= 15 is 0 Å². The first-order valence-electron chi connectivity index (χ1n) is 7.64. The van der Waals surface area contributed by atoms with Gasteiger partial charge in [0.25, 0.3) is 0 Å². The zero-order chi connectivity index (χ0) is 16.2. The van der Waals surface area contributed by atoms with Crippen molar-refractivity contribution in [3.8, 4) is 11.3 Å². The SMILES string of the molecule is COCC1CN(c2ccc(-c3ccc(F)cc3)nn2)CC(C)O1. The molecule has 1 aliphatic heterocycles. The van der Waals surface area contributed by atoms with Crippen LogP contribution in [0.15, 0.2) is 36.4 Å². The number of aromatic nitrogens is 2. The Labute approximate surface area is 135 Å². The van der Waals surface area contributed by atoms with Crippen LogP contribution in [0.4, 0.5) is 10.2 Å². The Morgan fingerprint density at radius 3 is 2.61 bits per heavy atom. The van der Waals surface area contributed by atoms with Crippen molar-refractivity contribution in [1.29, 1.82) is 0 Å². The number of anilines is 1. The summed E-state index contributed by atoms with van der Waals surface area (Å²) in [7, 11) is 1.67. The predicted molar refractivity (Wildman–Crippen MR) is 85.9 cm³/mol. The summed E-state index contributed by atoms with van der Waals surface area (Å²) in [5, 5.41) is 8.58. The third kappa shape index (κ3) is 3.83. The summed E-state index contributed by atoms with van der Waals surface area (Å²) >= 11 is 0. The van der Waals surface area contributed by atoms with Gasteiger partial charge < -0.3 is 14.4 Å². The Balaban J connectivity index is 1.74. The van der Waals surface area contributed by atoms with E-state index in [0.717, 1.165) is 30.2 Å². The summed E-state index contributed by atoms with van der Waals surface area (Å²) < 4.78 is 24.0. The van der Waals surface area contributed by atoms with Gasteiger partial charge in [-0.25, -0.2) is 4.39 Å². The van der Waals surface area contributed by atoms with E-state index in [1.54, 1.807) is 19.2 Å². The van der Waals surface area contributed by atoms with Crippen molar-refractivity contribution in [2.75, 3.05) is 31.7 Å². The quantitative estimate of drug-likeness (QED) is 0.867. The number of halogens is 1. The largest absolute Gasteiger partial charge is 0.382 e. The fraction of sp³-hybridized carbons (Fsp3) is 0.412. The normalized spacial score (nSPS) is 21.4. The van der Waals surface area contributed by atoms with Gasteiger partial charge in [0.2, 0.25) is 0 Å². The Morgan fingerprint density at radius 1 is 1.17 bits per heavy atom. The molecule has 0 amide bonds. The molecule has 1 aromatic carbocycles. The summed E-state index contributed by atoms with van der Waals surface area (Å²) in [5.74, 6) is 0.553. The molecular weight excluding hydrogens is 297 g/mol. The molecule has 0 bridgehead atoms. The summed E-state index contributed by atoms with van der Waals surface area (Å²) in [4.78, 5) is 2.15. The maximum atomic E-state index is 13.0. The number of morpholine rings is 1. The second-order valence-electron chi connectivity index (χ2n) is 5.71. The fourth-order valence-corrected chi connectivity index (χ4v) is 2.78. The lowest BCUT2D eigenvalue weighted by Gasteiger charge is -2.37. The number of rotatable bonds is 4. The molecule has 1 aliphatic rings. The molecule has 6 heteroatoms. The molecule has 0 radical (unpaired) electrons. The van der Waals surface area contributed by atoms with E-state index in [1.807, 2.05) is 19.1 Å². The lowest BCUT2D eigenvalue weighted by atomic mass is 10.1. The summed E-state index contributed by atoms with van der Waals surface area (Å²) in [5.41, 5.74) is 1.57. The zero-order valence-corrected chi connectivity index (χ0v) is 13.3. The van der Waals surface area contributed by atoms with Crippen LogP contribution in [-0.2, 0) is 9.47 Å². The van der Waals surface area contributed by atoms with E-state index in [1.165, 1.54) is 12.1 Å². The predicted octanol–water partition coefficient (Wildman–Crippen LogP) is 2.52. The van der Waals surface area contributed by atoms with Gasteiger partial charge in [-0.3, -0.25) is 0 Å². The smallest absolute Gasteiger partial charge is 0.151 e. The molecular formula is C17H20FN3O2. The van der Waals surface area contributed by atoms with E-state index in [-0.39, 0.29) is 18.0 Å². The van der Waals surface area contributed by atoms with Crippen molar-refractivity contribution in [2.24, 2.45) is 0 Å². The molecule has 0 saturated carbocycles. The van der Waals surface area contributed by atoms with Crippen LogP contribution >= 0.6 is 0 Å². The van der Waals surface area contributed by atoms with Crippen molar-refractivity contribution in [2.45, 2.75) is 19.1 Å². The van der Waals surface area contributed by atoms with E-state index in [4.69, 9.17) is 9.47 Å². The van der Waals surface area contributed by atoms with Gasteiger partial charge in [-0.1, -0.05) is 0 Å². The van der Waals surface area contributed by atoms with E-state index in [0.29, 0.717) is 6.61 Å². The van der Waals surface area contributed by atoms with Crippen LogP contribution in [0.1, 0.15) is 6.92 Å². The standard InChI is InChI=1S/C17H20FN3O2/c1-12-9-21(10-15(23-12)11-22-2)17-8-7-16(19-20-17)13-3-5-14(18)6-4-13/h3-8,12,15H,9-11H2,1-2H3. The number of hydrogen-bond donors (Lipinski definition) is 0. The number of methoxy groups -OCH3 is 1. The molecule has 3 rings (SSSR count). The number of benzene rings is 1. The lowest BCUT2D eigenvalue weighted by molar-refractivity contribution is -0.0513. The van der Waals surface area contributed by atoms with E-state index in [2.05, 4.69) is 15.1 Å². The second-order valence-corrected chi connectivity index (χ2v) is 5.71. The van der Waals surface area contributed by atoms with Gasteiger partial charge in [-0.2, -0.15) is 0 Å². The van der Waals surface area contributed by atoms with Gasteiger partial charge >= 0.3 is 0 Å². The molecule has 0 aliphatic carbocycles. The lowest BCUT2D eigenvalue weighted by Crippen LogP contribution is -2.48.